The summed E-state index contributed by atoms with van der Waals surface area (Å²) < 4.78 is 0.832. The molecule has 0 amide bonds. The smallest absolute Gasteiger partial charge is 0.189 e. The number of aromatic nitrogens is 5. The highest BCUT2D eigenvalue weighted by Crippen LogP contribution is 2.32. The molecule has 2 heterocycles. The monoisotopic (exact) mass is 300 g/mol. The van der Waals surface area contributed by atoms with Crippen molar-refractivity contribution in [1.29, 1.82) is 0 Å². The minimum absolute atomic E-state index is 0.696. The second kappa shape index (κ2) is 5.26. The van der Waals surface area contributed by atoms with Crippen LogP contribution >= 0.6 is 27.7 Å². The Kier molecular flexibility index (Phi) is 3.73. The number of hydrogen-bond donors (Lipinski definition) is 2. The van der Waals surface area contributed by atoms with Crippen molar-refractivity contribution in [3.8, 4) is 0 Å². The van der Waals surface area contributed by atoms with Crippen molar-refractivity contribution in [3.63, 3.8) is 0 Å². The average Bonchev–Trinajstić information content (AvgIpc) is 2.77. The van der Waals surface area contributed by atoms with E-state index in [0.717, 1.165) is 21.9 Å². The molecule has 2 rings (SSSR count). The van der Waals surface area contributed by atoms with Crippen molar-refractivity contribution < 1.29 is 0 Å². The van der Waals surface area contributed by atoms with Gasteiger partial charge >= 0.3 is 0 Å². The maximum absolute atomic E-state index is 4.17. The third-order valence-electron chi connectivity index (χ3n) is 1.69. The summed E-state index contributed by atoms with van der Waals surface area (Å²) in [5.41, 5.74) is 0. The molecule has 0 aliphatic rings. The first-order valence-corrected chi connectivity index (χ1v) is 6.19. The molecule has 84 valence electrons. The van der Waals surface area contributed by atoms with Crippen LogP contribution in [0.5, 0.6) is 0 Å². The van der Waals surface area contributed by atoms with Crippen molar-refractivity contribution in [1.82, 2.24) is 25.1 Å². The molecular formula is C8H9BrN6S. The zero-order valence-electron chi connectivity index (χ0n) is 8.44. The molecule has 0 spiro atoms. The highest BCUT2D eigenvalue weighted by Gasteiger charge is 2.10. The van der Waals surface area contributed by atoms with Crippen LogP contribution in [0.25, 0.3) is 0 Å². The Morgan fingerprint density at radius 1 is 1.38 bits per heavy atom. The van der Waals surface area contributed by atoms with E-state index >= 15 is 0 Å². The van der Waals surface area contributed by atoms with Gasteiger partial charge in [-0.1, -0.05) is 0 Å². The van der Waals surface area contributed by atoms with Gasteiger partial charge in [0.25, 0.3) is 0 Å². The van der Waals surface area contributed by atoms with Gasteiger partial charge in [-0.3, -0.25) is 5.10 Å². The molecule has 2 aromatic heterocycles. The predicted molar refractivity (Wildman–Crippen MR) is 64.4 cm³/mol. The minimum atomic E-state index is 0.696. The molecule has 0 fully saturated rings. The number of anilines is 1. The second-order valence-electron chi connectivity index (χ2n) is 2.76. The van der Waals surface area contributed by atoms with Gasteiger partial charge < -0.3 is 5.32 Å². The van der Waals surface area contributed by atoms with Gasteiger partial charge in [-0.2, -0.15) is 5.10 Å². The lowest BCUT2D eigenvalue weighted by Gasteiger charge is -2.06. The highest BCUT2D eigenvalue weighted by atomic mass is 79.9. The van der Waals surface area contributed by atoms with Crippen LogP contribution in [0.2, 0.25) is 0 Å². The van der Waals surface area contributed by atoms with Crippen LogP contribution in [-0.4, -0.2) is 31.7 Å². The Balaban J connectivity index is 2.24. The quantitative estimate of drug-likeness (QED) is 0.840. The van der Waals surface area contributed by atoms with Gasteiger partial charge in [0.1, 0.15) is 23.5 Å². The van der Waals surface area contributed by atoms with E-state index in [4.69, 9.17) is 0 Å². The van der Waals surface area contributed by atoms with E-state index in [1.54, 1.807) is 0 Å². The summed E-state index contributed by atoms with van der Waals surface area (Å²) in [4.78, 5) is 12.3. The van der Waals surface area contributed by atoms with Gasteiger partial charge in [0.2, 0.25) is 0 Å². The van der Waals surface area contributed by atoms with E-state index < -0.39 is 0 Å². The lowest BCUT2D eigenvalue weighted by atomic mass is 10.5. The summed E-state index contributed by atoms with van der Waals surface area (Å²) in [5, 5.41) is 11.2. The number of hydrogen-bond acceptors (Lipinski definition) is 6. The van der Waals surface area contributed by atoms with Crippen LogP contribution in [-0.2, 0) is 0 Å². The maximum Gasteiger partial charge on any atom is 0.189 e. The van der Waals surface area contributed by atoms with E-state index in [1.807, 2.05) is 6.92 Å². The standard InChI is InChI=1S/C8H9BrN6S/c1-2-10-6-5(9)7(12-3-11-6)16-8-13-4-14-15-8/h3-4H,2H2,1H3,(H,10,11,12)(H,13,14,15). The summed E-state index contributed by atoms with van der Waals surface area (Å²) in [6.07, 6.45) is 2.98. The number of nitrogens with one attached hydrogen (secondary N) is 2. The first kappa shape index (κ1) is 11.3. The molecule has 16 heavy (non-hydrogen) atoms. The van der Waals surface area contributed by atoms with E-state index in [2.05, 4.69) is 46.4 Å². The second-order valence-corrected chi connectivity index (χ2v) is 4.53. The Hall–Kier alpha value is -1.15. The Morgan fingerprint density at radius 3 is 2.94 bits per heavy atom. The fourth-order valence-corrected chi connectivity index (χ4v) is 2.31. The van der Waals surface area contributed by atoms with Crippen LogP contribution < -0.4 is 5.32 Å². The Bertz CT molecular complexity index is 460. The Morgan fingerprint density at radius 2 is 2.25 bits per heavy atom. The first-order chi connectivity index (χ1) is 7.81. The zero-order chi connectivity index (χ0) is 11.4. The molecule has 0 atom stereocenters. The molecule has 0 saturated carbocycles. The summed E-state index contributed by atoms with van der Waals surface area (Å²) in [7, 11) is 0. The van der Waals surface area contributed by atoms with E-state index in [0.29, 0.717) is 5.16 Å². The summed E-state index contributed by atoms with van der Waals surface area (Å²) >= 11 is 4.85. The number of rotatable bonds is 4. The minimum Gasteiger partial charge on any atom is -0.369 e. The third kappa shape index (κ3) is 2.50. The summed E-state index contributed by atoms with van der Waals surface area (Å²) in [5.74, 6) is 0.777. The third-order valence-corrected chi connectivity index (χ3v) is 3.59. The zero-order valence-corrected chi connectivity index (χ0v) is 10.8. The lowest BCUT2D eigenvalue weighted by molar-refractivity contribution is 0.957. The lowest BCUT2D eigenvalue weighted by Crippen LogP contribution is -2.01. The van der Waals surface area contributed by atoms with Crippen LogP contribution in [0.3, 0.4) is 0 Å². The van der Waals surface area contributed by atoms with E-state index in [-0.39, 0.29) is 0 Å². The fourth-order valence-electron chi connectivity index (χ4n) is 1.05. The molecule has 2 N–H and O–H groups in total. The molecule has 8 heteroatoms. The van der Waals surface area contributed by atoms with E-state index in [1.165, 1.54) is 24.4 Å². The molecule has 0 aromatic carbocycles. The number of halogens is 1. The van der Waals surface area contributed by atoms with Gasteiger partial charge in [0.15, 0.2) is 5.16 Å². The van der Waals surface area contributed by atoms with Gasteiger partial charge in [-0.25, -0.2) is 15.0 Å². The number of nitrogens with zero attached hydrogens (tertiary/aromatic N) is 4. The Labute approximate surface area is 105 Å². The molecule has 0 unspecified atom stereocenters. The molecular weight excluding hydrogens is 292 g/mol. The van der Waals surface area contributed by atoms with Gasteiger partial charge in [0.05, 0.1) is 4.47 Å². The molecule has 2 aromatic rings. The van der Waals surface area contributed by atoms with Crippen molar-refractivity contribution >= 4 is 33.5 Å². The van der Waals surface area contributed by atoms with Gasteiger partial charge in [-0.15, -0.1) is 0 Å². The van der Waals surface area contributed by atoms with Crippen LogP contribution in [0.4, 0.5) is 5.82 Å². The highest BCUT2D eigenvalue weighted by molar-refractivity contribution is 9.10. The molecule has 0 saturated heterocycles. The van der Waals surface area contributed by atoms with Crippen LogP contribution in [0.1, 0.15) is 6.92 Å². The van der Waals surface area contributed by atoms with Crippen LogP contribution in [0.15, 0.2) is 27.3 Å². The molecule has 6 nitrogen and oxygen atoms in total. The van der Waals surface area contributed by atoms with Crippen molar-refractivity contribution in [2.24, 2.45) is 0 Å². The fraction of sp³-hybridized carbons (Fsp3) is 0.250. The maximum atomic E-state index is 4.17. The average molecular weight is 301 g/mol. The SMILES string of the molecule is CCNc1ncnc(Sc2ncn[nH]2)c1Br. The summed E-state index contributed by atoms with van der Waals surface area (Å²) in [6, 6.07) is 0. The normalized spacial score (nSPS) is 10.4. The molecule has 0 bridgehead atoms. The van der Waals surface area contributed by atoms with Gasteiger partial charge in [0, 0.05) is 6.54 Å². The largest absolute Gasteiger partial charge is 0.369 e. The topological polar surface area (TPSA) is 79.4 Å². The van der Waals surface area contributed by atoms with Crippen molar-refractivity contribution in [2.75, 3.05) is 11.9 Å². The van der Waals surface area contributed by atoms with Crippen molar-refractivity contribution in [2.45, 2.75) is 17.1 Å². The summed E-state index contributed by atoms with van der Waals surface area (Å²) in [6.45, 7) is 2.82. The predicted octanol–water partition coefficient (Wildman–Crippen LogP) is 1.94. The first-order valence-electron chi connectivity index (χ1n) is 4.59. The molecule has 0 radical (unpaired) electrons. The van der Waals surface area contributed by atoms with E-state index in [9.17, 15) is 0 Å². The van der Waals surface area contributed by atoms with Crippen molar-refractivity contribution in [3.05, 3.63) is 17.1 Å². The van der Waals surface area contributed by atoms with Crippen LogP contribution in [0, 0.1) is 0 Å². The molecule has 0 aliphatic carbocycles. The number of H-pyrrole nitrogens is 1. The van der Waals surface area contributed by atoms with Gasteiger partial charge in [-0.05, 0) is 34.6 Å². The number of aromatic amines is 1. The molecule has 0 aliphatic heterocycles.